The summed E-state index contributed by atoms with van der Waals surface area (Å²) < 4.78 is 4.68. The lowest BCUT2D eigenvalue weighted by Gasteiger charge is -2.13. The molecule has 12 rings (SSSR count). The summed E-state index contributed by atoms with van der Waals surface area (Å²) in [5, 5.41) is 5.99. The number of fused-ring (bicyclic) bond motifs is 6. The van der Waals surface area contributed by atoms with Crippen molar-refractivity contribution in [2.24, 2.45) is 0 Å². The molecule has 0 unspecified atom stereocenters. The topological polar surface area (TPSA) is 48.5 Å². The van der Waals surface area contributed by atoms with E-state index in [4.69, 9.17) is 15.0 Å². The quantitative estimate of drug-likeness (QED) is 0.162. The van der Waals surface area contributed by atoms with Gasteiger partial charge in [-0.2, -0.15) is 0 Å². The predicted octanol–water partition coefficient (Wildman–Crippen LogP) is 14.4. The SMILES string of the molecule is c1ccc(-c2cccc(-c3nc(-c4cccc(-c5ccccc5)c4)nc(-c4cccc(-n5c6ccccc6c6ccc7cc8c(ccn8-c8ccccc8)cc7c65)c4)n3)c2)cc1. The van der Waals surface area contributed by atoms with Gasteiger partial charge in [0.05, 0.1) is 16.6 Å². The molecule has 0 aliphatic carbocycles. The van der Waals surface area contributed by atoms with E-state index < -0.39 is 0 Å². The predicted molar refractivity (Wildman–Crippen MR) is 256 cm³/mol. The zero-order valence-corrected chi connectivity index (χ0v) is 33.6. The first kappa shape index (κ1) is 35.5. The summed E-state index contributed by atoms with van der Waals surface area (Å²) in [4.78, 5) is 15.7. The Morgan fingerprint density at radius 2 is 0.806 bits per heavy atom. The van der Waals surface area contributed by atoms with E-state index in [0.717, 1.165) is 55.8 Å². The fourth-order valence-corrected chi connectivity index (χ4v) is 8.98. The molecule has 5 heteroatoms. The smallest absolute Gasteiger partial charge is 0.164 e. The van der Waals surface area contributed by atoms with E-state index in [1.807, 2.05) is 12.1 Å². The molecule has 0 fully saturated rings. The highest BCUT2D eigenvalue weighted by Gasteiger charge is 2.19. The molecule has 0 aliphatic heterocycles. The lowest BCUT2D eigenvalue weighted by atomic mass is 10.0. The molecular formula is C57H37N5. The van der Waals surface area contributed by atoms with Crippen LogP contribution < -0.4 is 0 Å². The van der Waals surface area contributed by atoms with Gasteiger partial charge in [0, 0.05) is 55.8 Å². The van der Waals surface area contributed by atoms with Crippen molar-refractivity contribution >= 4 is 43.5 Å². The maximum Gasteiger partial charge on any atom is 0.164 e. The fourth-order valence-electron chi connectivity index (χ4n) is 8.98. The maximum atomic E-state index is 5.24. The standard InChI is InChI=1S/C57H37N5/c1-4-15-38(16-5-1)40-19-12-21-44(33-40)55-58-56(45-22-13-20-41(34-45)39-17-6-2-7-18-39)60-57(59-55)46-23-14-26-48(35-46)62-52-28-11-10-27-49(52)50-30-29-42-37-53-43(36-51(42)54(50)62)31-32-61(53)47-24-8-3-9-25-47/h1-37H. The van der Waals surface area contributed by atoms with Crippen LogP contribution in [0.2, 0.25) is 0 Å². The van der Waals surface area contributed by atoms with Gasteiger partial charge in [0.25, 0.3) is 0 Å². The molecule has 0 spiro atoms. The van der Waals surface area contributed by atoms with E-state index >= 15 is 0 Å². The summed E-state index contributed by atoms with van der Waals surface area (Å²) in [6.45, 7) is 0. The second-order valence-electron chi connectivity index (χ2n) is 15.7. The van der Waals surface area contributed by atoms with Crippen molar-refractivity contribution in [2.45, 2.75) is 0 Å². The monoisotopic (exact) mass is 791 g/mol. The van der Waals surface area contributed by atoms with Crippen LogP contribution in [-0.2, 0) is 0 Å². The van der Waals surface area contributed by atoms with Crippen LogP contribution in [0.25, 0.3) is 111 Å². The first-order valence-electron chi connectivity index (χ1n) is 20.9. The molecule has 0 saturated heterocycles. The van der Waals surface area contributed by atoms with E-state index in [2.05, 4.69) is 222 Å². The van der Waals surface area contributed by atoms with Crippen molar-refractivity contribution in [1.29, 1.82) is 0 Å². The third-order valence-corrected chi connectivity index (χ3v) is 11.9. The minimum atomic E-state index is 0.608. The molecule has 0 aliphatic rings. The van der Waals surface area contributed by atoms with Crippen LogP contribution in [0.5, 0.6) is 0 Å². The van der Waals surface area contributed by atoms with Crippen LogP contribution in [0.4, 0.5) is 0 Å². The van der Waals surface area contributed by atoms with E-state index in [1.54, 1.807) is 0 Å². The van der Waals surface area contributed by atoms with Crippen molar-refractivity contribution in [1.82, 2.24) is 24.1 Å². The van der Waals surface area contributed by atoms with Crippen molar-refractivity contribution in [3.05, 3.63) is 225 Å². The van der Waals surface area contributed by atoms with Gasteiger partial charge in [-0.15, -0.1) is 0 Å². The Bertz CT molecular complexity index is 3520. The Hall–Kier alpha value is -8.41. The van der Waals surface area contributed by atoms with Crippen LogP contribution in [0.15, 0.2) is 225 Å². The Balaban J connectivity index is 1.05. The van der Waals surface area contributed by atoms with E-state index in [1.165, 1.54) is 38.0 Å². The minimum absolute atomic E-state index is 0.608. The van der Waals surface area contributed by atoms with Gasteiger partial charge in [0.15, 0.2) is 17.5 Å². The summed E-state index contributed by atoms with van der Waals surface area (Å²) in [5.74, 6) is 1.84. The van der Waals surface area contributed by atoms with Crippen LogP contribution in [0.3, 0.4) is 0 Å². The van der Waals surface area contributed by atoms with E-state index in [-0.39, 0.29) is 0 Å². The van der Waals surface area contributed by atoms with Gasteiger partial charge >= 0.3 is 0 Å². The third-order valence-electron chi connectivity index (χ3n) is 11.9. The molecule has 290 valence electrons. The number of benzene rings is 9. The van der Waals surface area contributed by atoms with Crippen molar-refractivity contribution in [3.63, 3.8) is 0 Å². The van der Waals surface area contributed by atoms with E-state index in [9.17, 15) is 0 Å². The second-order valence-corrected chi connectivity index (χ2v) is 15.7. The molecular weight excluding hydrogens is 755 g/mol. The molecule has 0 radical (unpaired) electrons. The zero-order valence-electron chi connectivity index (χ0n) is 33.6. The molecule has 12 aromatic rings. The van der Waals surface area contributed by atoms with Crippen molar-refractivity contribution in [2.75, 3.05) is 0 Å². The lowest BCUT2D eigenvalue weighted by Crippen LogP contribution is -2.01. The van der Waals surface area contributed by atoms with Crippen molar-refractivity contribution < 1.29 is 0 Å². The summed E-state index contributed by atoms with van der Waals surface area (Å²) in [5.41, 5.74) is 12.9. The summed E-state index contributed by atoms with van der Waals surface area (Å²) in [6, 6.07) is 77.1. The summed E-state index contributed by atoms with van der Waals surface area (Å²) in [6.07, 6.45) is 2.17. The third kappa shape index (κ3) is 6.14. The Morgan fingerprint density at radius 1 is 0.290 bits per heavy atom. The molecule has 0 saturated carbocycles. The molecule has 5 nitrogen and oxygen atoms in total. The van der Waals surface area contributed by atoms with Crippen LogP contribution >= 0.6 is 0 Å². The van der Waals surface area contributed by atoms with Gasteiger partial charge in [-0.3, -0.25) is 0 Å². The van der Waals surface area contributed by atoms with Crippen molar-refractivity contribution in [3.8, 4) is 67.8 Å². The molecule has 3 heterocycles. The molecule has 0 bridgehead atoms. The fraction of sp³-hybridized carbons (Fsp3) is 0. The Labute approximate surface area is 358 Å². The average Bonchev–Trinajstić information content (AvgIpc) is 3.93. The van der Waals surface area contributed by atoms with Gasteiger partial charge < -0.3 is 9.13 Å². The lowest BCUT2D eigenvalue weighted by molar-refractivity contribution is 1.07. The molecule has 0 atom stereocenters. The van der Waals surface area contributed by atoms with Crippen LogP contribution in [-0.4, -0.2) is 24.1 Å². The normalized spacial score (nSPS) is 11.5. The van der Waals surface area contributed by atoms with Gasteiger partial charge in [-0.1, -0.05) is 158 Å². The first-order chi connectivity index (χ1) is 30.7. The van der Waals surface area contributed by atoms with Gasteiger partial charge in [-0.25, -0.2) is 15.0 Å². The highest BCUT2D eigenvalue weighted by molar-refractivity contribution is 6.20. The van der Waals surface area contributed by atoms with E-state index in [0.29, 0.717) is 17.5 Å². The summed E-state index contributed by atoms with van der Waals surface area (Å²) in [7, 11) is 0. The number of aromatic nitrogens is 5. The Kier molecular flexibility index (Phi) is 8.42. The highest BCUT2D eigenvalue weighted by Crippen LogP contribution is 2.39. The second kappa shape index (κ2) is 14.7. The largest absolute Gasteiger partial charge is 0.317 e. The number of para-hydroxylation sites is 2. The highest BCUT2D eigenvalue weighted by atomic mass is 15.0. The minimum Gasteiger partial charge on any atom is -0.317 e. The molecule has 9 aromatic carbocycles. The Morgan fingerprint density at radius 3 is 1.45 bits per heavy atom. The van der Waals surface area contributed by atoms with Gasteiger partial charge in [-0.05, 0) is 88.3 Å². The van der Waals surface area contributed by atoms with Crippen LogP contribution in [0, 0.1) is 0 Å². The molecule has 62 heavy (non-hydrogen) atoms. The molecule has 0 amide bonds. The maximum absolute atomic E-state index is 5.24. The average molecular weight is 792 g/mol. The number of nitrogens with zero attached hydrogens (tertiary/aromatic N) is 5. The molecule has 3 aromatic heterocycles. The summed E-state index contributed by atoms with van der Waals surface area (Å²) >= 11 is 0. The van der Waals surface area contributed by atoms with Gasteiger partial charge in [0.2, 0.25) is 0 Å². The van der Waals surface area contributed by atoms with Gasteiger partial charge in [0.1, 0.15) is 0 Å². The zero-order chi connectivity index (χ0) is 41.0. The first-order valence-corrected chi connectivity index (χ1v) is 20.9. The number of hydrogen-bond acceptors (Lipinski definition) is 3. The number of rotatable bonds is 7. The van der Waals surface area contributed by atoms with Crippen LogP contribution in [0.1, 0.15) is 0 Å². The number of hydrogen-bond donors (Lipinski definition) is 0. The molecule has 0 N–H and O–H groups in total.